The van der Waals surface area contributed by atoms with Crippen LogP contribution < -0.4 is 0 Å². The molecule has 0 aliphatic heterocycles. The average Bonchev–Trinajstić information content (AvgIpc) is 2.60. The normalized spacial score (nSPS) is 29.6. The van der Waals surface area contributed by atoms with Gasteiger partial charge < -0.3 is 0 Å². The fourth-order valence-electron chi connectivity index (χ4n) is 4.94. The average molecular weight is 324 g/mol. The smallest absolute Gasteiger partial charge is 0.269 e. The van der Waals surface area contributed by atoms with Crippen LogP contribution in [0.1, 0.15) is 56.9 Å². The summed E-state index contributed by atoms with van der Waals surface area (Å²) in [5.74, 6) is 1.36. The molecule has 126 valence electrons. The number of nitro groups is 1. The summed E-state index contributed by atoms with van der Waals surface area (Å²) in [5.41, 5.74) is 4.60. The van der Waals surface area contributed by atoms with Crippen LogP contribution in [0.5, 0.6) is 0 Å². The zero-order valence-corrected chi connectivity index (χ0v) is 14.0. The second-order valence-corrected chi connectivity index (χ2v) is 7.45. The minimum atomic E-state index is -0.358. The molecule has 3 atom stereocenters. The van der Waals surface area contributed by atoms with Crippen molar-refractivity contribution in [2.75, 3.05) is 0 Å². The van der Waals surface area contributed by atoms with Crippen LogP contribution in [-0.2, 0) is 0 Å². The van der Waals surface area contributed by atoms with Gasteiger partial charge in [-0.15, -0.1) is 0 Å². The van der Waals surface area contributed by atoms with Crippen LogP contribution in [0, 0.1) is 22.0 Å². The van der Waals surface area contributed by atoms with E-state index >= 15 is 0 Å². The molecule has 4 heteroatoms. The molecular weight excluding hydrogens is 300 g/mol. The third-order valence-electron chi connectivity index (χ3n) is 6.07. The third kappa shape index (κ3) is 2.90. The monoisotopic (exact) mass is 324 g/mol. The number of aliphatic imine (C=N–C) groups is 1. The van der Waals surface area contributed by atoms with Gasteiger partial charge in [-0.25, -0.2) is 0 Å². The van der Waals surface area contributed by atoms with Gasteiger partial charge in [-0.2, -0.15) is 0 Å². The molecule has 0 amide bonds. The van der Waals surface area contributed by atoms with Gasteiger partial charge >= 0.3 is 0 Å². The standard InChI is InChI=1S/C20H24N2O2/c23-22(24)17-10-8-14(9-11-17)13-21-20-16-5-3-7-19(20)18-6-2-1-4-15(18)12-16/h8-11,13,16,19-20H,1-7,12H2/t16-,19-,20+/m1/s1. The molecule has 1 fully saturated rings. The van der Waals surface area contributed by atoms with Crippen LogP contribution in [0.3, 0.4) is 0 Å². The van der Waals surface area contributed by atoms with E-state index in [2.05, 4.69) is 0 Å². The lowest BCUT2D eigenvalue weighted by molar-refractivity contribution is -0.384. The highest BCUT2D eigenvalue weighted by Crippen LogP contribution is 2.49. The molecule has 3 aliphatic carbocycles. The molecule has 1 aromatic carbocycles. The minimum Gasteiger partial charge on any atom is -0.288 e. The lowest BCUT2D eigenvalue weighted by atomic mass is 9.63. The van der Waals surface area contributed by atoms with Crippen molar-refractivity contribution in [3.63, 3.8) is 0 Å². The van der Waals surface area contributed by atoms with Crippen LogP contribution in [0.4, 0.5) is 5.69 Å². The van der Waals surface area contributed by atoms with Crippen molar-refractivity contribution in [1.82, 2.24) is 0 Å². The number of rotatable bonds is 3. The predicted molar refractivity (Wildman–Crippen MR) is 95.4 cm³/mol. The predicted octanol–water partition coefficient (Wildman–Crippen LogP) is 5.07. The fourth-order valence-corrected chi connectivity index (χ4v) is 4.94. The van der Waals surface area contributed by atoms with Gasteiger partial charge in [0.05, 0.1) is 11.0 Å². The summed E-state index contributed by atoms with van der Waals surface area (Å²) in [6.07, 6.45) is 12.5. The van der Waals surface area contributed by atoms with Gasteiger partial charge in [0.15, 0.2) is 0 Å². The molecule has 1 saturated carbocycles. The van der Waals surface area contributed by atoms with E-state index < -0.39 is 0 Å². The highest BCUT2D eigenvalue weighted by molar-refractivity contribution is 5.80. The summed E-state index contributed by atoms with van der Waals surface area (Å²) in [5, 5.41) is 10.8. The maximum Gasteiger partial charge on any atom is 0.269 e. The van der Waals surface area contributed by atoms with E-state index in [1.807, 2.05) is 6.21 Å². The van der Waals surface area contributed by atoms with Gasteiger partial charge in [0.2, 0.25) is 0 Å². The summed E-state index contributed by atoms with van der Waals surface area (Å²) in [4.78, 5) is 15.4. The number of benzene rings is 1. The van der Waals surface area contributed by atoms with E-state index in [1.54, 1.807) is 35.4 Å². The molecule has 0 unspecified atom stereocenters. The topological polar surface area (TPSA) is 55.5 Å². The van der Waals surface area contributed by atoms with Crippen molar-refractivity contribution >= 4 is 11.9 Å². The lowest BCUT2D eigenvalue weighted by Crippen LogP contribution is -2.38. The molecule has 3 aliphatic rings. The number of hydrogen-bond donors (Lipinski definition) is 0. The van der Waals surface area contributed by atoms with Crippen LogP contribution in [0.25, 0.3) is 0 Å². The molecule has 0 saturated heterocycles. The molecule has 2 bridgehead atoms. The third-order valence-corrected chi connectivity index (χ3v) is 6.07. The highest BCUT2D eigenvalue weighted by atomic mass is 16.6. The van der Waals surface area contributed by atoms with Gasteiger partial charge in [-0.3, -0.25) is 15.1 Å². The van der Waals surface area contributed by atoms with Gasteiger partial charge in [0.25, 0.3) is 5.69 Å². The van der Waals surface area contributed by atoms with Crippen molar-refractivity contribution in [2.24, 2.45) is 16.8 Å². The Morgan fingerprint density at radius 2 is 1.88 bits per heavy atom. The molecule has 0 N–H and O–H groups in total. The van der Waals surface area contributed by atoms with E-state index in [-0.39, 0.29) is 10.6 Å². The summed E-state index contributed by atoms with van der Waals surface area (Å²) in [7, 11) is 0. The first-order chi connectivity index (χ1) is 11.7. The molecule has 0 radical (unpaired) electrons. The van der Waals surface area contributed by atoms with Crippen LogP contribution in [-0.4, -0.2) is 17.2 Å². The van der Waals surface area contributed by atoms with Crippen LogP contribution >= 0.6 is 0 Å². The maximum atomic E-state index is 10.8. The Labute approximate surface area is 142 Å². The maximum absolute atomic E-state index is 10.8. The number of fused-ring (bicyclic) bond motifs is 3. The van der Waals surface area contributed by atoms with E-state index in [9.17, 15) is 10.1 Å². The summed E-state index contributed by atoms with van der Waals surface area (Å²) in [6, 6.07) is 7.14. The van der Waals surface area contributed by atoms with E-state index in [0.717, 1.165) is 5.56 Å². The van der Waals surface area contributed by atoms with E-state index in [1.165, 1.54) is 51.4 Å². The molecule has 1 aromatic rings. The molecule has 0 spiro atoms. The Bertz CT molecular complexity index is 690. The lowest BCUT2D eigenvalue weighted by Gasteiger charge is -2.44. The number of non-ortho nitro benzene ring substituents is 1. The van der Waals surface area contributed by atoms with Crippen LogP contribution in [0.2, 0.25) is 0 Å². The van der Waals surface area contributed by atoms with E-state index in [4.69, 9.17) is 4.99 Å². The number of allylic oxidation sites excluding steroid dienone is 1. The van der Waals surface area contributed by atoms with Crippen molar-refractivity contribution in [2.45, 2.75) is 57.4 Å². The van der Waals surface area contributed by atoms with Crippen molar-refractivity contribution < 1.29 is 4.92 Å². The van der Waals surface area contributed by atoms with Crippen molar-refractivity contribution in [3.05, 3.63) is 51.1 Å². The van der Waals surface area contributed by atoms with Gasteiger partial charge in [0, 0.05) is 24.3 Å². The number of hydrogen-bond acceptors (Lipinski definition) is 3. The zero-order chi connectivity index (χ0) is 16.5. The molecule has 0 aromatic heterocycles. The van der Waals surface area contributed by atoms with Crippen molar-refractivity contribution in [1.29, 1.82) is 0 Å². The van der Waals surface area contributed by atoms with Gasteiger partial charge in [0.1, 0.15) is 0 Å². The SMILES string of the molecule is O=[N+]([O-])c1ccc(C=N[C@H]2[C@@H]3CCC[C@@H]2C2=C(CCCC2)C3)cc1. The second-order valence-electron chi connectivity index (χ2n) is 7.45. The first-order valence-corrected chi connectivity index (χ1v) is 9.21. The second kappa shape index (κ2) is 6.50. The Kier molecular flexibility index (Phi) is 4.21. The number of nitrogens with zero attached hydrogens (tertiary/aromatic N) is 2. The van der Waals surface area contributed by atoms with Crippen molar-refractivity contribution in [3.8, 4) is 0 Å². The molecule has 24 heavy (non-hydrogen) atoms. The molecule has 0 heterocycles. The minimum absolute atomic E-state index is 0.138. The first-order valence-electron chi connectivity index (χ1n) is 9.21. The summed E-state index contributed by atoms with van der Waals surface area (Å²) in [6.45, 7) is 0. The van der Waals surface area contributed by atoms with Gasteiger partial charge in [-0.1, -0.05) is 17.6 Å². The first kappa shape index (κ1) is 15.6. The highest BCUT2D eigenvalue weighted by Gasteiger charge is 2.40. The Morgan fingerprint density at radius 3 is 2.67 bits per heavy atom. The largest absolute Gasteiger partial charge is 0.288 e. The fraction of sp³-hybridized carbons (Fsp3) is 0.550. The quantitative estimate of drug-likeness (QED) is 0.337. The molecule has 4 rings (SSSR count). The zero-order valence-electron chi connectivity index (χ0n) is 14.0. The molecule has 4 nitrogen and oxygen atoms in total. The van der Waals surface area contributed by atoms with E-state index in [0.29, 0.717) is 17.9 Å². The summed E-state index contributed by atoms with van der Waals surface area (Å²) >= 11 is 0. The number of nitro benzene ring substituents is 1. The summed E-state index contributed by atoms with van der Waals surface area (Å²) < 4.78 is 0. The van der Waals surface area contributed by atoms with Gasteiger partial charge in [-0.05, 0) is 68.6 Å². The Morgan fingerprint density at radius 1 is 1.08 bits per heavy atom. The Hall–Kier alpha value is -1.97. The van der Waals surface area contributed by atoms with Crippen LogP contribution in [0.15, 0.2) is 40.4 Å². The molecular formula is C20H24N2O2. The Balaban J connectivity index is 1.55.